The molecule has 0 amide bonds. The van der Waals surface area contributed by atoms with Crippen LogP contribution in [0.4, 0.5) is 0 Å². The number of nitrogens with zero attached hydrogens (tertiary/aromatic N) is 1. The van der Waals surface area contributed by atoms with Crippen molar-refractivity contribution in [1.82, 2.24) is 0 Å². The largest absolute Gasteiger partial charge is 0.462 e. The van der Waals surface area contributed by atoms with Crippen LogP contribution in [-0.4, -0.2) is 29.6 Å². The summed E-state index contributed by atoms with van der Waals surface area (Å²) in [6.07, 6.45) is -0.448. The van der Waals surface area contributed by atoms with Gasteiger partial charge in [0.1, 0.15) is 17.7 Å². The minimum Gasteiger partial charge on any atom is -0.462 e. The molecule has 0 aromatic rings. The van der Waals surface area contributed by atoms with Crippen LogP contribution in [0.25, 0.3) is 0 Å². The fraction of sp³-hybridized carbons (Fsp3) is 0.444. The third-order valence-electron chi connectivity index (χ3n) is 1.31. The van der Waals surface area contributed by atoms with Crippen molar-refractivity contribution in [3.63, 3.8) is 0 Å². The quantitative estimate of drug-likeness (QED) is 0.388. The Bertz CT molecular complexity index is 298. The Morgan fingerprint density at radius 2 is 2.21 bits per heavy atom. The van der Waals surface area contributed by atoms with Crippen molar-refractivity contribution in [2.75, 3.05) is 6.61 Å². The van der Waals surface area contributed by atoms with Crippen molar-refractivity contribution in [2.45, 2.75) is 20.0 Å². The van der Waals surface area contributed by atoms with Gasteiger partial charge >= 0.3 is 5.97 Å². The Morgan fingerprint density at radius 1 is 1.64 bits per heavy atom. The SMILES string of the molecule is CCOC(=O)/C(C#N)=C/C(=O)C(C)O. The van der Waals surface area contributed by atoms with Crippen LogP contribution in [0, 0.1) is 11.3 Å². The molecular formula is C9H11NO4. The molecule has 0 aliphatic carbocycles. The highest BCUT2D eigenvalue weighted by molar-refractivity contribution is 6.03. The average Bonchev–Trinajstić information content (AvgIpc) is 2.13. The number of ketones is 1. The monoisotopic (exact) mass is 197 g/mol. The molecule has 0 aromatic carbocycles. The maximum Gasteiger partial charge on any atom is 0.349 e. The summed E-state index contributed by atoms with van der Waals surface area (Å²) in [4.78, 5) is 21.9. The van der Waals surface area contributed by atoms with Gasteiger partial charge in [-0.25, -0.2) is 4.79 Å². The Morgan fingerprint density at radius 3 is 2.57 bits per heavy atom. The van der Waals surface area contributed by atoms with Crippen molar-refractivity contribution >= 4 is 11.8 Å². The number of esters is 1. The van der Waals surface area contributed by atoms with E-state index in [1.165, 1.54) is 13.0 Å². The van der Waals surface area contributed by atoms with Crippen LogP contribution in [0.15, 0.2) is 11.6 Å². The number of aliphatic hydroxyl groups is 1. The van der Waals surface area contributed by atoms with E-state index in [9.17, 15) is 9.59 Å². The van der Waals surface area contributed by atoms with Crippen LogP contribution in [-0.2, 0) is 14.3 Å². The first-order chi connectivity index (χ1) is 6.52. The molecule has 0 rings (SSSR count). The van der Waals surface area contributed by atoms with Crippen LogP contribution >= 0.6 is 0 Å². The van der Waals surface area contributed by atoms with Gasteiger partial charge < -0.3 is 9.84 Å². The lowest BCUT2D eigenvalue weighted by atomic mass is 10.2. The van der Waals surface area contributed by atoms with E-state index in [2.05, 4.69) is 4.74 Å². The third-order valence-corrected chi connectivity index (χ3v) is 1.31. The standard InChI is InChI=1S/C9H11NO4/c1-3-14-9(13)7(5-10)4-8(12)6(2)11/h4,6,11H,3H2,1-2H3/b7-4+. The molecule has 1 unspecified atom stereocenters. The maximum atomic E-state index is 11.0. The van der Waals surface area contributed by atoms with E-state index in [1.807, 2.05) is 0 Å². The van der Waals surface area contributed by atoms with Crippen molar-refractivity contribution < 1.29 is 19.4 Å². The second kappa shape index (κ2) is 5.89. The van der Waals surface area contributed by atoms with Gasteiger partial charge in [-0.3, -0.25) is 4.79 Å². The molecule has 0 bridgehead atoms. The van der Waals surface area contributed by atoms with Crippen LogP contribution in [0.1, 0.15) is 13.8 Å². The second-order valence-corrected chi connectivity index (χ2v) is 2.47. The number of hydrogen-bond acceptors (Lipinski definition) is 5. The summed E-state index contributed by atoms with van der Waals surface area (Å²) in [5.41, 5.74) is -0.405. The number of nitriles is 1. The molecule has 0 saturated heterocycles. The van der Waals surface area contributed by atoms with Crippen molar-refractivity contribution in [2.24, 2.45) is 0 Å². The lowest BCUT2D eigenvalue weighted by molar-refractivity contribution is -0.138. The van der Waals surface area contributed by atoms with E-state index in [1.54, 1.807) is 6.92 Å². The Hall–Kier alpha value is -1.67. The molecule has 0 radical (unpaired) electrons. The fourth-order valence-electron chi connectivity index (χ4n) is 0.609. The topological polar surface area (TPSA) is 87.4 Å². The van der Waals surface area contributed by atoms with Gasteiger partial charge in [-0.2, -0.15) is 5.26 Å². The lowest BCUT2D eigenvalue weighted by Gasteiger charge is -2.00. The Balaban J connectivity index is 4.66. The Kier molecular flexibility index (Phi) is 5.19. The summed E-state index contributed by atoms with van der Waals surface area (Å²) in [5, 5.41) is 17.3. The molecule has 0 aliphatic rings. The second-order valence-electron chi connectivity index (χ2n) is 2.47. The van der Waals surface area contributed by atoms with Gasteiger partial charge in [0.05, 0.1) is 6.61 Å². The zero-order valence-corrected chi connectivity index (χ0v) is 7.98. The summed E-state index contributed by atoms with van der Waals surface area (Å²) in [6.45, 7) is 2.96. The molecule has 0 fully saturated rings. The third kappa shape index (κ3) is 3.83. The van der Waals surface area contributed by atoms with Gasteiger partial charge in [0.25, 0.3) is 0 Å². The van der Waals surface area contributed by atoms with E-state index in [0.29, 0.717) is 0 Å². The molecule has 0 aliphatic heterocycles. The Labute approximate surface area is 81.6 Å². The summed E-state index contributed by atoms with van der Waals surface area (Å²) >= 11 is 0. The lowest BCUT2D eigenvalue weighted by Crippen LogP contribution is -2.16. The van der Waals surface area contributed by atoms with Crippen molar-refractivity contribution in [3.05, 3.63) is 11.6 Å². The molecular weight excluding hydrogens is 186 g/mol. The van der Waals surface area contributed by atoms with Crippen LogP contribution in [0.2, 0.25) is 0 Å². The predicted molar refractivity (Wildman–Crippen MR) is 47.0 cm³/mol. The minimum absolute atomic E-state index is 0.126. The minimum atomic E-state index is -1.23. The summed E-state index contributed by atoms with van der Waals surface area (Å²) < 4.78 is 4.51. The smallest absolute Gasteiger partial charge is 0.349 e. The van der Waals surface area contributed by atoms with Gasteiger partial charge in [0.2, 0.25) is 0 Å². The van der Waals surface area contributed by atoms with Gasteiger partial charge in [0, 0.05) is 6.08 Å². The van der Waals surface area contributed by atoms with Crippen LogP contribution in [0.3, 0.4) is 0 Å². The molecule has 5 heteroatoms. The molecule has 0 saturated carbocycles. The van der Waals surface area contributed by atoms with Gasteiger partial charge in [-0.05, 0) is 13.8 Å². The number of aliphatic hydroxyl groups excluding tert-OH is 1. The van der Waals surface area contributed by atoms with Crippen molar-refractivity contribution in [1.29, 1.82) is 5.26 Å². The first-order valence-corrected chi connectivity index (χ1v) is 4.03. The summed E-state index contributed by atoms with van der Waals surface area (Å²) in [6, 6.07) is 1.53. The van der Waals surface area contributed by atoms with E-state index < -0.39 is 23.4 Å². The van der Waals surface area contributed by atoms with E-state index >= 15 is 0 Å². The zero-order chi connectivity index (χ0) is 11.1. The highest BCUT2D eigenvalue weighted by Gasteiger charge is 2.14. The molecule has 1 N–H and O–H groups in total. The van der Waals surface area contributed by atoms with E-state index in [4.69, 9.17) is 10.4 Å². The zero-order valence-electron chi connectivity index (χ0n) is 7.98. The van der Waals surface area contributed by atoms with Crippen molar-refractivity contribution in [3.8, 4) is 6.07 Å². The van der Waals surface area contributed by atoms with Crippen LogP contribution < -0.4 is 0 Å². The predicted octanol–water partition coefficient (Wildman–Crippen LogP) is -0.0506. The molecule has 0 aromatic heterocycles. The number of ether oxygens (including phenoxy) is 1. The highest BCUT2D eigenvalue weighted by atomic mass is 16.5. The molecule has 76 valence electrons. The summed E-state index contributed by atoms with van der Waals surface area (Å²) in [7, 11) is 0. The average molecular weight is 197 g/mol. The van der Waals surface area contributed by atoms with Gasteiger partial charge in [-0.1, -0.05) is 0 Å². The van der Waals surface area contributed by atoms with E-state index in [-0.39, 0.29) is 6.61 Å². The normalized spacial score (nSPS) is 12.9. The first-order valence-electron chi connectivity index (χ1n) is 4.03. The molecule has 0 heterocycles. The number of carbonyl (C=O) groups excluding carboxylic acids is 2. The van der Waals surface area contributed by atoms with Crippen LogP contribution in [0.5, 0.6) is 0 Å². The number of rotatable bonds is 4. The maximum absolute atomic E-state index is 11.0. The van der Waals surface area contributed by atoms with E-state index in [0.717, 1.165) is 6.08 Å². The van der Waals surface area contributed by atoms with Gasteiger partial charge in [-0.15, -0.1) is 0 Å². The molecule has 1 atom stereocenters. The summed E-state index contributed by atoms with van der Waals surface area (Å²) in [5.74, 6) is -1.56. The molecule has 5 nitrogen and oxygen atoms in total. The molecule has 14 heavy (non-hydrogen) atoms. The number of hydrogen-bond donors (Lipinski definition) is 1. The fourth-order valence-corrected chi connectivity index (χ4v) is 0.609. The highest BCUT2D eigenvalue weighted by Crippen LogP contribution is 1.98. The molecule has 0 spiro atoms. The first kappa shape index (κ1) is 12.3. The van der Waals surface area contributed by atoms with Gasteiger partial charge in [0.15, 0.2) is 5.78 Å². The number of carbonyl (C=O) groups is 2.